The highest BCUT2D eigenvalue weighted by Crippen LogP contribution is 2.37. The van der Waals surface area contributed by atoms with Crippen LogP contribution in [0.5, 0.6) is 0 Å². The quantitative estimate of drug-likeness (QED) is 0.527. The highest BCUT2D eigenvalue weighted by atomic mass is 16.4. The van der Waals surface area contributed by atoms with Gasteiger partial charge in [-0.3, -0.25) is 9.78 Å². The molecule has 0 saturated carbocycles. The van der Waals surface area contributed by atoms with Crippen LogP contribution in [0.2, 0.25) is 0 Å². The van der Waals surface area contributed by atoms with Crippen molar-refractivity contribution in [2.45, 2.75) is 33.6 Å². The van der Waals surface area contributed by atoms with Gasteiger partial charge in [-0.15, -0.1) is 10.2 Å². The maximum Gasteiger partial charge on any atom is 0.280 e. The van der Waals surface area contributed by atoms with E-state index in [2.05, 4.69) is 46.1 Å². The lowest BCUT2D eigenvalue weighted by Gasteiger charge is -2.10. The van der Waals surface area contributed by atoms with Gasteiger partial charge in [-0.2, -0.15) is 0 Å². The summed E-state index contributed by atoms with van der Waals surface area (Å²) in [5.74, 6) is 0.629. The molecule has 4 aromatic rings. The highest BCUT2D eigenvalue weighted by molar-refractivity contribution is 5.93. The second-order valence-electron chi connectivity index (χ2n) is 7.03. The lowest BCUT2D eigenvalue weighted by Crippen LogP contribution is -1.93. The maximum absolute atomic E-state index is 10.8. The van der Waals surface area contributed by atoms with Gasteiger partial charge in [-0.25, -0.2) is 0 Å². The van der Waals surface area contributed by atoms with Crippen molar-refractivity contribution in [3.63, 3.8) is 0 Å². The Kier molecular flexibility index (Phi) is 4.11. The van der Waals surface area contributed by atoms with Gasteiger partial charge < -0.3 is 9.40 Å². The molecule has 0 aliphatic rings. The van der Waals surface area contributed by atoms with Crippen LogP contribution >= 0.6 is 0 Å². The van der Waals surface area contributed by atoms with Crippen molar-refractivity contribution < 1.29 is 9.21 Å². The van der Waals surface area contributed by atoms with E-state index in [-0.39, 0.29) is 5.89 Å². The van der Waals surface area contributed by atoms with Gasteiger partial charge in [0.15, 0.2) is 0 Å². The van der Waals surface area contributed by atoms with Gasteiger partial charge in [-0.05, 0) is 55.7 Å². The molecule has 0 aliphatic carbocycles. The number of aldehydes is 1. The van der Waals surface area contributed by atoms with Crippen molar-refractivity contribution in [3.05, 3.63) is 53.2 Å². The SMILES string of the molecule is Cc1cc(-c2[nH]c3ccc(-c4nnc(C=O)o4)cc3c2C(C)C)cc(C)n1. The number of rotatable bonds is 4. The van der Waals surface area contributed by atoms with Crippen LogP contribution in [0.3, 0.4) is 0 Å². The molecule has 0 bridgehead atoms. The van der Waals surface area contributed by atoms with E-state index in [1.54, 1.807) is 0 Å². The Morgan fingerprint density at radius 3 is 2.41 bits per heavy atom. The number of pyridine rings is 1. The zero-order chi connectivity index (χ0) is 19.1. The average Bonchev–Trinajstić information content (AvgIpc) is 3.24. The number of nitrogens with zero attached hydrogens (tertiary/aromatic N) is 3. The van der Waals surface area contributed by atoms with Crippen LogP contribution in [0.4, 0.5) is 0 Å². The largest absolute Gasteiger partial charge is 0.414 e. The Balaban J connectivity index is 1.93. The molecule has 0 aliphatic heterocycles. The lowest BCUT2D eigenvalue weighted by molar-refractivity contribution is 0.109. The number of nitrogens with one attached hydrogen (secondary N) is 1. The number of aromatic amines is 1. The van der Waals surface area contributed by atoms with E-state index in [0.29, 0.717) is 18.1 Å². The van der Waals surface area contributed by atoms with E-state index < -0.39 is 0 Å². The molecule has 0 fully saturated rings. The second kappa shape index (κ2) is 6.46. The first-order valence-corrected chi connectivity index (χ1v) is 8.86. The number of H-pyrrole nitrogens is 1. The van der Waals surface area contributed by atoms with Crippen molar-refractivity contribution in [3.8, 4) is 22.7 Å². The van der Waals surface area contributed by atoms with E-state index in [4.69, 9.17) is 4.42 Å². The van der Waals surface area contributed by atoms with Crippen LogP contribution in [0.1, 0.15) is 47.4 Å². The number of hydrogen-bond donors (Lipinski definition) is 1. The summed E-state index contributed by atoms with van der Waals surface area (Å²) in [5.41, 5.74) is 7.27. The standard InChI is InChI=1S/C21H20N4O2/c1-11(2)19-16-9-14(21-25-24-18(10-26)27-21)5-6-17(16)23-20(19)15-7-12(3)22-13(4)8-15/h5-11,23H,1-4H3. The van der Waals surface area contributed by atoms with Gasteiger partial charge in [0.05, 0.1) is 5.69 Å². The molecule has 136 valence electrons. The number of carbonyl (C=O) groups excluding carboxylic acids is 1. The fraction of sp³-hybridized carbons (Fsp3) is 0.238. The first-order valence-electron chi connectivity index (χ1n) is 8.86. The van der Waals surface area contributed by atoms with E-state index in [1.165, 1.54) is 5.56 Å². The van der Waals surface area contributed by atoms with E-state index >= 15 is 0 Å². The van der Waals surface area contributed by atoms with E-state index in [9.17, 15) is 4.79 Å². The number of benzene rings is 1. The first kappa shape index (κ1) is 17.1. The molecular weight excluding hydrogens is 340 g/mol. The Morgan fingerprint density at radius 2 is 1.78 bits per heavy atom. The molecule has 0 saturated heterocycles. The molecular formula is C21H20N4O2. The Morgan fingerprint density at radius 1 is 1.04 bits per heavy atom. The molecule has 6 nitrogen and oxygen atoms in total. The van der Waals surface area contributed by atoms with Gasteiger partial charge in [0, 0.05) is 33.4 Å². The van der Waals surface area contributed by atoms with Gasteiger partial charge in [0.1, 0.15) is 0 Å². The summed E-state index contributed by atoms with van der Waals surface area (Å²) in [6.45, 7) is 8.37. The summed E-state index contributed by atoms with van der Waals surface area (Å²) in [6.07, 6.45) is 0.553. The maximum atomic E-state index is 10.8. The fourth-order valence-corrected chi connectivity index (χ4v) is 3.55. The molecule has 27 heavy (non-hydrogen) atoms. The average molecular weight is 360 g/mol. The summed E-state index contributed by atoms with van der Waals surface area (Å²) >= 11 is 0. The van der Waals surface area contributed by atoms with Crippen molar-refractivity contribution in [1.82, 2.24) is 20.2 Å². The van der Waals surface area contributed by atoms with Crippen molar-refractivity contribution in [2.24, 2.45) is 0 Å². The Bertz CT molecular complexity index is 1130. The summed E-state index contributed by atoms with van der Waals surface area (Å²) < 4.78 is 5.38. The van der Waals surface area contributed by atoms with Crippen LogP contribution in [-0.2, 0) is 0 Å². The summed E-state index contributed by atoms with van der Waals surface area (Å²) in [6, 6.07) is 10.1. The van der Waals surface area contributed by atoms with Crippen LogP contribution in [0.15, 0.2) is 34.7 Å². The zero-order valence-corrected chi connectivity index (χ0v) is 15.7. The summed E-state index contributed by atoms with van der Waals surface area (Å²) in [7, 11) is 0. The summed E-state index contributed by atoms with van der Waals surface area (Å²) in [4.78, 5) is 18.9. The minimum Gasteiger partial charge on any atom is -0.414 e. The molecule has 4 rings (SSSR count). The summed E-state index contributed by atoms with van der Waals surface area (Å²) in [5, 5.41) is 8.79. The molecule has 3 aromatic heterocycles. The third-order valence-corrected chi connectivity index (χ3v) is 4.57. The van der Waals surface area contributed by atoms with Gasteiger partial charge in [-0.1, -0.05) is 13.8 Å². The molecule has 0 atom stereocenters. The normalized spacial score (nSPS) is 11.4. The zero-order valence-electron chi connectivity index (χ0n) is 15.7. The third kappa shape index (κ3) is 3.03. The minimum absolute atomic E-state index is 0.0216. The van der Waals surface area contributed by atoms with E-state index in [1.807, 2.05) is 32.0 Å². The molecule has 0 amide bonds. The van der Waals surface area contributed by atoms with Crippen molar-refractivity contribution in [2.75, 3.05) is 0 Å². The number of hydrogen-bond acceptors (Lipinski definition) is 5. The van der Waals surface area contributed by atoms with Crippen molar-refractivity contribution >= 4 is 17.2 Å². The number of aryl methyl sites for hydroxylation is 2. The molecule has 0 unspecified atom stereocenters. The molecule has 1 aromatic carbocycles. The van der Waals surface area contributed by atoms with Crippen molar-refractivity contribution in [1.29, 1.82) is 0 Å². The molecule has 6 heteroatoms. The topological polar surface area (TPSA) is 84.7 Å². The number of aromatic nitrogens is 4. The van der Waals surface area contributed by atoms with Crippen LogP contribution in [0.25, 0.3) is 33.6 Å². The van der Waals surface area contributed by atoms with Crippen LogP contribution in [0, 0.1) is 13.8 Å². The monoisotopic (exact) mass is 360 g/mol. The van der Waals surface area contributed by atoms with Crippen LogP contribution < -0.4 is 0 Å². The first-order chi connectivity index (χ1) is 13.0. The minimum atomic E-state index is -0.0216. The van der Waals surface area contributed by atoms with Gasteiger partial charge in [0.2, 0.25) is 12.2 Å². The number of fused-ring (bicyclic) bond motifs is 1. The molecule has 0 radical (unpaired) electrons. The van der Waals surface area contributed by atoms with Gasteiger partial charge in [0.25, 0.3) is 5.89 Å². The Hall–Kier alpha value is -3.28. The van der Waals surface area contributed by atoms with Crippen LogP contribution in [-0.4, -0.2) is 26.5 Å². The number of carbonyl (C=O) groups is 1. The molecule has 3 heterocycles. The third-order valence-electron chi connectivity index (χ3n) is 4.57. The van der Waals surface area contributed by atoms with E-state index in [0.717, 1.165) is 39.1 Å². The predicted molar refractivity (Wildman–Crippen MR) is 104 cm³/mol. The predicted octanol–water partition coefficient (Wildman–Crippen LogP) is 4.83. The molecule has 0 spiro atoms. The Labute approximate surface area is 156 Å². The van der Waals surface area contributed by atoms with Gasteiger partial charge >= 0.3 is 0 Å². The second-order valence-corrected chi connectivity index (χ2v) is 7.03. The fourth-order valence-electron chi connectivity index (χ4n) is 3.55. The molecule has 1 N–H and O–H groups in total. The smallest absolute Gasteiger partial charge is 0.280 e. The highest BCUT2D eigenvalue weighted by Gasteiger charge is 2.18. The lowest BCUT2D eigenvalue weighted by atomic mass is 9.95.